The summed E-state index contributed by atoms with van der Waals surface area (Å²) in [4.78, 5) is 27.6. The Kier molecular flexibility index (Phi) is 5.87. The molecule has 1 aromatic heterocycles. The summed E-state index contributed by atoms with van der Waals surface area (Å²) in [5.41, 5.74) is 0.808. The van der Waals surface area contributed by atoms with Crippen LogP contribution in [0.15, 0.2) is 36.4 Å². The van der Waals surface area contributed by atoms with Gasteiger partial charge in [0.25, 0.3) is 5.91 Å². The first kappa shape index (κ1) is 17.1. The molecule has 0 fully saturated rings. The Morgan fingerprint density at radius 2 is 1.87 bits per heavy atom. The molecule has 0 aliphatic carbocycles. The molecule has 2 rings (SSSR count). The zero-order chi connectivity index (χ0) is 16.8. The molecule has 1 aromatic carbocycles. The number of halogens is 1. The van der Waals surface area contributed by atoms with Crippen LogP contribution >= 0.6 is 11.3 Å². The van der Waals surface area contributed by atoms with Crippen LogP contribution in [0.4, 0.5) is 4.39 Å². The molecule has 2 amide bonds. The Balaban J connectivity index is 1.89. The van der Waals surface area contributed by atoms with E-state index < -0.39 is 0 Å². The summed E-state index contributed by atoms with van der Waals surface area (Å²) in [6, 6.07) is 9.60. The number of carbonyl (C=O) groups excluding carboxylic acids is 2. The summed E-state index contributed by atoms with van der Waals surface area (Å²) in [5, 5.41) is 2.74. The first-order valence-electron chi connectivity index (χ1n) is 7.36. The number of aryl methyl sites for hydroxylation is 1. The van der Waals surface area contributed by atoms with Crippen molar-refractivity contribution in [3.8, 4) is 0 Å². The minimum Gasteiger partial charge on any atom is -0.350 e. The van der Waals surface area contributed by atoms with Crippen molar-refractivity contribution in [2.45, 2.75) is 20.4 Å². The highest BCUT2D eigenvalue weighted by atomic mass is 32.1. The number of nitrogens with one attached hydrogen (secondary N) is 1. The van der Waals surface area contributed by atoms with Gasteiger partial charge in [0, 0.05) is 18.0 Å². The molecular weight excluding hydrogens is 315 g/mol. The Hall–Kier alpha value is -2.21. The number of thiophene rings is 1. The molecule has 6 heteroatoms. The predicted molar refractivity (Wildman–Crippen MR) is 88.9 cm³/mol. The first-order chi connectivity index (χ1) is 11.0. The van der Waals surface area contributed by atoms with Gasteiger partial charge in [0.2, 0.25) is 5.91 Å². The van der Waals surface area contributed by atoms with Crippen molar-refractivity contribution < 1.29 is 14.0 Å². The average molecular weight is 334 g/mol. The number of carbonyl (C=O) groups is 2. The molecule has 0 saturated carbocycles. The summed E-state index contributed by atoms with van der Waals surface area (Å²) in [7, 11) is 0. The first-order valence-corrected chi connectivity index (χ1v) is 8.18. The smallest absolute Gasteiger partial charge is 0.264 e. The fourth-order valence-corrected chi connectivity index (χ4v) is 2.90. The maximum absolute atomic E-state index is 12.8. The van der Waals surface area contributed by atoms with E-state index in [0.29, 0.717) is 18.0 Å². The van der Waals surface area contributed by atoms with Crippen LogP contribution in [0, 0.1) is 12.7 Å². The largest absolute Gasteiger partial charge is 0.350 e. The van der Waals surface area contributed by atoms with Crippen LogP contribution in [-0.2, 0) is 11.3 Å². The van der Waals surface area contributed by atoms with Crippen LogP contribution in [0.5, 0.6) is 0 Å². The van der Waals surface area contributed by atoms with E-state index in [0.717, 1.165) is 10.4 Å². The molecule has 4 nitrogen and oxygen atoms in total. The minimum atomic E-state index is -0.311. The number of likely N-dealkylation sites (N-methyl/N-ethyl adjacent to an activating group) is 1. The van der Waals surface area contributed by atoms with Crippen molar-refractivity contribution in [3.63, 3.8) is 0 Å². The third-order valence-electron chi connectivity index (χ3n) is 3.36. The lowest BCUT2D eigenvalue weighted by atomic mass is 10.2. The molecule has 0 aliphatic heterocycles. The quantitative estimate of drug-likeness (QED) is 0.883. The van der Waals surface area contributed by atoms with E-state index in [-0.39, 0.29) is 24.2 Å². The van der Waals surface area contributed by atoms with Gasteiger partial charge in [-0.2, -0.15) is 0 Å². The second-order valence-electron chi connectivity index (χ2n) is 5.13. The molecule has 0 atom stereocenters. The predicted octanol–water partition coefficient (Wildman–Crippen LogP) is 2.97. The fourth-order valence-electron chi connectivity index (χ4n) is 2.06. The van der Waals surface area contributed by atoms with Crippen molar-refractivity contribution in [1.82, 2.24) is 10.2 Å². The molecule has 0 unspecified atom stereocenters. The van der Waals surface area contributed by atoms with E-state index in [4.69, 9.17) is 0 Å². The molecule has 0 bridgehead atoms. The molecule has 0 aliphatic rings. The lowest BCUT2D eigenvalue weighted by Crippen LogP contribution is -2.40. The number of nitrogens with zero attached hydrogens (tertiary/aromatic N) is 1. The van der Waals surface area contributed by atoms with E-state index >= 15 is 0 Å². The van der Waals surface area contributed by atoms with Gasteiger partial charge < -0.3 is 10.2 Å². The van der Waals surface area contributed by atoms with Crippen LogP contribution in [0.25, 0.3) is 0 Å². The van der Waals surface area contributed by atoms with Gasteiger partial charge in [0.15, 0.2) is 0 Å². The van der Waals surface area contributed by atoms with Crippen molar-refractivity contribution >= 4 is 23.2 Å². The number of hydrogen-bond donors (Lipinski definition) is 1. The Morgan fingerprint density at radius 3 is 2.43 bits per heavy atom. The molecule has 0 saturated heterocycles. The van der Waals surface area contributed by atoms with Crippen LogP contribution in [-0.4, -0.2) is 29.8 Å². The number of amides is 2. The van der Waals surface area contributed by atoms with Gasteiger partial charge in [0.1, 0.15) is 5.82 Å². The lowest BCUT2D eigenvalue weighted by Gasteiger charge is -2.19. The molecule has 1 heterocycles. The van der Waals surface area contributed by atoms with E-state index in [1.807, 2.05) is 19.9 Å². The van der Waals surface area contributed by atoms with E-state index in [2.05, 4.69) is 5.32 Å². The monoisotopic (exact) mass is 334 g/mol. The summed E-state index contributed by atoms with van der Waals surface area (Å²) in [6.45, 7) is 4.55. The molecular formula is C17H19FN2O2S. The van der Waals surface area contributed by atoms with Crippen LogP contribution < -0.4 is 5.32 Å². The maximum Gasteiger partial charge on any atom is 0.264 e. The Bertz CT molecular complexity index is 682. The van der Waals surface area contributed by atoms with Crippen molar-refractivity contribution in [3.05, 3.63) is 57.5 Å². The third kappa shape index (κ3) is 4.89. The van der Waals surface area contributed by atoms with Crippen LogP contribution in [0.3, 0.4) is 0 Å². The second-order valence-corrected chi connectivity index (χ2v) is 6.42. The van der Waals surface area contributed by atoms with Gasteiger partial charge in [-0.05, 0) is 43.7 Å². The van der Waals surface area contributed by atoms with Crippen LogP contribution in [0.2, 0.25) is 0 Å². The highest BCUT2D eigenvalue weighted by Gasteiger charge is 2.18. The van der Waals surface area contributed by atoms with E-state index in [1.54, 1.807) is 18.2 Å². The zero-order valence-electron chi connectivity index (χ0n) is 13.1. The summed E-state index contributed by atoms with van der Waals surface area (Å²) >= 11 is 1.42. The molecule has 0 spiro atoms. The normalized spacial score (nSPS) is 10.4. The standard InChI is InChI=1S/C17H19FN2O2S/c1-3-20(17(22)15-9-4-12(2)23-15)11-16(21)19-10-13-5-7-14(18)8-6-13/h4-9H,3,10-11H2,1-2H3,(H,19,21). The van der Waals surface area contributed by atoms with Gasteiger partial charge in [-0.25, -0.2) is 4.39 Å². The molecule has 0 radical (unpaired) electrons. The maximum atomic E-state index is 12.8. The zero-order valence-corrected chi connectivity index (χ0v) is 14.0. The van der Waals surface area contributed by atoms with Crippen molar-refractivity contribution in [2.24, 2.45) is 0 Å². The van der Waals surface area contributed by atoms with Gasteiger partial charge in [0.05, 0.1) is 11.4 Å². The van der Waals surface area contributed by atoms with Gasteiger partial charge in [-0.3, -0.25) is 9.59 Å². The summed E-state index contributed by atoms with van der Waals surface area (Å²) in [6.07, 6.45) is 0. The van der Waals surface area contributed by atoms with Crippen LogP contribution in [0.1, 0.15) is 27.0 Å². The molecule has 122 valence electrons. The van der Waals surface area contributed by atoms with Gasteiger partial charge in [-0.15, -0.1) is 11.3 Å². The minimum absolute atomic E-state index is 0.00742. The molecule has 1 N–H and O–H groups in total. The summed E-state index contributed by atoms with van der Waals surface area (Å²) in [5.74, 6) is -0.686. The van der Waals surface area contributed by atoms with Crippen molar-refractivity contribution in [1.29, 1.82) is 0 Å². The van der Waals surface area contributed by atoms with E-state index in [1.165, 1.54) is 28.4 Å². The van der Waals surface area contributed by atoms with Crippen molar-refractivity contribution in [2.75, 3.05) is 13.1 Å². The fraction of sp³-hybridized carbons (Fsp3) is 0.294. The van der Waals surface area contributed by atoms with E-state index in [9.17, 15) is 14.0 Å². The lowest BCUT2D eigenvalue weighted by molar-refractivity contribution is -0.121. The highest BCUT2D eigenvalue weighted by molar-refractivity contribution is 7.13. The molecule has 23 heavy (non-hydrogen) atoms. The Morgan fingerprint density at radius 1 is 1.17 bits per heavy atom. The third-order valence-corrected chi connectivity index (χ3v) is 4.35. The van der Waals surface area contributed by atoms with Gasteiger partial charge >= 0.3 is 0 Å². The number of benzene rings is 1. The van der Waals surface area contributed by atoms with Gasteiger partial charge in [-0.1, -0.05) is 12.1 Å². The number of hydrogen-bond acceptors (Lipinski definition) is 3. The topological polar surface area (TPSA) is 49.4 Å². The number of rotatable bonds is 6. The molecule has 2 aromatic rings. The average Bonchev–Trinajstić information content (AvgIpc) is 2.98. The summed E-state index contributed by atoms with van der Waals surface area (Å²) < 4.78 is 12.8. The Labute approximate surface area is 138 Å². The highest BCUT2D eigenvalue weighted by Crippen LogP contribution is 2.17. The SMILES string of the molecule is CCN(CC(=O)NCc1ccc(F)cc1)C(=O)c1ccc(C)s1. The second kappa shape index (κ2) is 7.87.